The summed E-state index contributed by atoms with van der Waals surface area (Å²) in [4.78, 5) is 31.1. The van der Waals surface area contributed by atoms with Crippen molar-refractivity contribution in [1.29, 1.82) is 0 Å². The molecule has 36 heavy (non-hydrogen) atoms. The minimum absolute atomic E-state index is 0.0229. The topological polar surface area (TPSA) is 126 Å². The van der Waals surface area contributed by atoms with Gasteiger partial charge in [-0.15, -0.1) is 5.10 Å². The maximum absolute atomic E-state index is 13.4. The second-order valence-corrected chi connectivity index (χ2v) is 9.00. The number of fused-ring (bicyclic) bond motifs is 1. The molecule has 192 valence electrons. The van der Waals surface area contributed by atoms with Gasteiger partial charge in [-0.2, -0.15) is 21.6 Å². The van der Waals surface area contributed by atoms with Crippen molar-refractivity contribution in [2.24, 2.45) is 0 Å². The number of ketones is 1. The molecule has 0 N–H and O–H groups in total. The number of rotatable bonds is 6. The van der Waals surface area contributed by atoms with Crippen LogP contribution in [0.5, 0.6) is 0 Å². The summed E-state index contributed by atoms with van der Waals surface area (Å²) in [7, 11) is -3.73. The van der Waals surface area contributed by atoms with E-state index in [0.29, 0.717) is 0 Å². The molecule has 1 aromatic carbocycles. The van der Waals surface area contributed by atoms with Crippen molar-refractivity contribution in [3.63, 3.8) is 0 Å². The molecular weight excluding hydrogens is 538 g/mol. The summed E-state index contributed by atoms with van der Waals surface area (Å²) < 4.78 is 86.2. The number of anilines is 1. The third-order valence-electron chi connectivity index (χ3n) is 5.21. The van der Waals surface area contributed by atoms with Gasteiger partial charge in [-0.3, -0.25) is 9.59 Å². The number of nitrogens with zero attached hydrogens (tertiary/aromatic N) is 5. The first-order chi connectivity index (χ1) is 16.8. The van der Waals surface area contributed by atoms with Gasteiger partial charge >= 0.3 is 22.1 Å². The van der Waals surface area contributed by atoms with E-state index in [9.17, 15) is 35.6 Å². The molecule has 0 aliphatic carbocycles. The van der Waals surface area contributed by atoms with Crippen LogP contribution in [0.1, 0.15) is 27.4 Å². The number of alkyl halides is 3. The molecule has 3 heterocycles. The van der Waals surface area contributed by atoms with E-state index >= 15 is 0 Å². The zero-order chi connectivity index (χ0) is 26.4. The molecule has 0 spiro atoms. The number of aromatic nitrogens is 4. The largest absolute Gasteiger partial charge is 0.468 e. The fourth-order valence-corrected chi connectivity index (χ4v) is 4.11. The quantitative estimate of drug-likeness (QED) is 0.333. The molecule has 11 nitrogen and oxygen atoms in total. The normalized spacial score (nSPS) is 14.0. The third kappa shape index (κ3) is 4.78. The second kappa shape index (κ2) is 9.18. The number of carbonyl (C=O) groups excluding carboxylic acids is 1. The number of imidazole rings is 1. The Balaban J connectivity index is 1.62. The fourth-order valence-electron chi connectivity index (χ4n) is 3.53. The highest BCUT2D eigenvalue weighted by Crippen LogP contribution is 2.34. The lowest BCUT2D eigenvalue weighted by atomic mass is 10.0. The van der Waals surface area contributed by atoms with Gasteiger partial charge in [-0.05, 0) is 23.0 Å². The Morgan fingerprint density at radius 1 is 1.19 bits per heavy atom. The van der Waals surface area contributed by atoms with Gasteiger partial charge in [0.15, 0.2) is 0 Å². The maximum atomic E-state index is 13.4. The molecule has 0 bridgehead atoms. The van der Waals surface area contributed by atoms with Gasteiger partial charge in [-0.1, -0.05) is 11.6 Å². The zero-order valence-electron chi connectivity index (χ0n) is 18.0. The highest BCUT2D eigenvalue weighted by atomic mass is 35.5. The molecule has 0 saturated carbocycles. The number of hydrogen-bond acceptors (Lipinski definition) is 9. The smallest absolute Gasteiger partial charge is 0.360 e. The summed E-state index contributed by atoms with van der Waals surface area (Å²) >= 11 is 6.09. The highest BCUT2D eigenvalue weighted by molar-refractivity contribution is 7.82. The van der Waals surface area contributed by atoms with E-state index in [1.165, 1.54) is 4.57 Å². The molecule has 0 radical (unpaired) electrons. The minimum Gasteiger partial charge on any atom is -0.360 e. The molecule has 0 atom stereocenters. The van der Waals surface area contributed by atoms with Gasteiger partial charge in [-0.25, -0.2) is 17.8 Å². The molecule has 4 rings (SSSR count). The maximum Gasteiger partial charge on any atom is 0.468 e. The van der Waals surface area contributed by atoms with Crippen LogP contribution in [-0.4, -0.2) is 47.4 Å². The van der Waals surface area contributed by atoms with Crippen LogP contribution in [-0.2, 0) is 33.8 Å². The summed E-state index contributed by atoms with van der Waals surface area (Å²) in [6, 6.07) is 1.78. The number of hydrogen-bond donors (Lipinski definition) is 0. The van der Waals surface area contributed by atoms with Gasteiger partial charge in [0.1, 0.15) is 22.4 Å². The van der Waals surface area contributed by atoms with Crippen molar-refractivity contribution in [2.75, 3.05) is 18.6 Å². The molecule has 0 amide bonds. The van der Waals surface area contributed by atoms with E-state index in [1.807, 2.05) is 0 Å². The predicted octanol–water partition coefficient (Wildman–Crippen LogP) is 1.82. The van der Waals surface area contributed by atoms with Crippen molar-refractivity contribution in [1.82, 2.24) is 19.5 Å². The van der Waals surface area contributed by atoms with Crippen molar-refractivity contribution in [3.8, 4) is 0 Å². The van der Waals surface area contributed by atoms with Crippen LogP contribution in [0.4, 0.5) is 23.2 Å². The van der Waals surface area contributed by atoms with Crippen molar-refractivity contribution < 1.29 is 39.2 Å². The summed E-state index contributed by atoms with van der Waals surface area (Å²) in [5.74, 6) is -1.87. The van der Waals surface area contributed by atoms with Gasteiger partial charge < -0.3 is 9.47 Å². The Labute approximate surface area is 204 Å². The first-order valence-corrected chi connectivity index (χ1v) is 11.5. The Morgan fingerprint density at radius 2 is 1.92 bits per heavy atom. The molecule has 2 aromatic heterocycles. The number of benzene rings is 1. The first kappa shape index (κ1) is 25.6. The number of carbonyl (C=O) groups is 1. The highest BCUT2D eigenvalue weighted by Gasteiger charge is 2.37. The lowest BCUT2D eigenvalue weighted by Crippen LogP contribution is -2.38. The Hall–Kier alpha value is -3.50. The van der Waals surface area contributed by atoms with Crippen LogP contribution in [0.25, 0.3) is 0 Å². The SMILES string of the molecule is COS(=O)(=O)On1ncc(N2CCn3c(C(=O)c4ccc(F)cc4C(F)(F)F)cnc3C2)c(Cl)c1=O. The Bertz CT molecular complexity index is 1520. The van der Waals surface area contributed by atoms with Crippen LogP contribution in [0, 0.1) is 5.82 Å². The van der Waals surface area contributed by atoms with Gasteiger partial charge in [0.2, 0.25) is 5.78 Å². The lowest BCUT2D eigenvalue weighted by Gasteiger charge is -2.30. The van der Waals surface area contributed by atoms with Gasteiger partial charge in [0.25, 0.3) is 0 Å². The predicted molar refractivity (Wildman–Crippen MR) is 114 cm³/mol. The average molecular weight is 552 g/mol. The first-order valence-electron chi connectivity index (χ1n) is 9.81. The van der Waals surface area contributed by atoms with Crippen molar-refractivity contribution in [3.05, 3.63) is 74.4 Å². The van der Waals surface area contributed by atoms with Crippen LogP contribution in [0.15, 0.2) is 35.4 Å². The molecule has 0 fully saturated rings. The Kier molecular flexibility index (Phi) is 6.52. The van der Waals surface area contributed by atoms with Crippen LogP contribution >= 0.6 is 11.6 Å². The van der Waals surface area contributed by atoms with Crippen LogP contribution in [0.3, 0.4) is 0 Å². The van der Waals surface area contributed by atoms with Crippen molar-refractivity contribution >= 4 is 33.5 Å². The van der Waals surface area contributed by atoms with Gasteiger partial charge in [0, 0.05) is 18.7 Å². The standard InChI is InChI=1S/C19H14ClF4N5O6S/c1-34-36(32,33)35-29-18(31)16(20)13(8-26-29)27-4-5-28-14(7-25-15(28)9-27)17(30)11-3-2-10(21)6-12(11)19(22,23)24/h2-3,6-8H,4-5,9H2,1H3. The molecule has 17 heteroatoms. The molecule has 0 unspecified atom stereocenters. The van der Waals surface area contributed by atoms with Crippen LogP contribution in [0.2, 0.25) is 5.02 Å². The van der Waals surface area contributed by atoms with Crippen molar-refractivity contribution in [2.45, 2.75) is 19.3 Å². The summed E-state index contributed by atoms with van der Waals surface area (Å²) in [6.07, 6.45) is -2.79. The average Bonchev–Trinajstić information content (AvgIpc) is 3.24. The van der Waals surface area contributed by atoms with Crippen LogP contribution < -0.4 is 14.7 Å². The zero-order valence-corrected chi connectivity index (χ0v) is 19.6. The summed E-state index contributed by atoms with van der Waals surface area (Å²) in [6.45, 7) is 0.166. The van der Waals surface area contributed by atoms with E-state index in [-0.39, 0.29) is 47.8 Å². The monoisotopic (exact) mass is 551 g/mol. The van der Waals surface area contributed by atoms with E-state index in [0.717, 1.165) is 31.6 Å². The second-order valence-electron chi connectivity index (χ2n) is 7.32. The van der Waals surface area contributed by atoms with E-state index in [1.54, 1.807) is 4.90 Å². The number of halogens is 5. The molecule has 1 aliphatic rings. The molecule has 1 aliphatic heterocycles. The summed E-state index contributed by atoms with van der Waals surface area (Å²) in [5, 5.41) is 3.16. The Morgan fingerprint density at radius 3 is 2.58 bits per heavy atom. The van der Waals surface area contributed by atoms with Gasteiger partial charge in [0.05, 0.1) is 37.3 Å². The fraction of sp³-hybridized carbons (Fsp3) is 0.263. The van der Waals surface area contributed by atoms with E-state index in [2.05, 4.69) is 18.5 Å². The minimum atomic E-state index is -4.95. The third-order valence-corrected chi connectivity index (χ3v) is 6.29. The van der Waals surface area contributed by atoms with E-state index in [4.69, 9.17) is 11.6 Å². The lowest BCUT2D eigenvalue weighted by molar-refractivity contribution is -0.138. The molecule has 0 saturated heterocycles. The summed E-state index contributed by atoms with van der Waals surface area (Å²) in [5.41, 5.74) is -3.28. The molecular formula is C19H14ClF4N5O6S. The molecule has 3 aromatic rings. The van der Waals surface area contributed by atoms with E-state index < -0.39 is 49.9 Å².